The Morgan fingerprint density at radius 3 is 2.38 bits per heavy atom. The van der Waals surface area contributed by atoms with Crippen LogP contribution in [0.1, 0.15) is 0 Å². The van der Waals surface area contributed by atoms with E-state index in [0.717, 1.165) is 0 Å². The average molecular weight is 612 g/mol. The summed E-state index contributed by atoms with van der Waals surface area (Å²) in [4.78, 5) is 26.7. The molecular formula is C33H27F2N5O5. The second kappa shape index (κ2) is 12.5. The monoisotopic (exact) mass is 611 g/mol. The highest BCUT2D eigenvalue weighted by molar-refractivity contribution is 5.94. The van der Waals surface area contributed by atoms with Crippen molar-refractivity contribution >= 4 is 33.3 Å². The zero-order valence-electron chi connectivity index (χ0n) is 24.5. The van der Waals surface area contributed by atoms with Crippen LogP contribution in [-0.2, 0) is 11.3 Å². The lowest BCUT2D eigenvalue weighted by Crippen LogP contribution is -2.16. The van der Waals surface area contributed by atoms with Crippen LogP contribution < -0.4 is 25.0 Å². The van der Waals surface area contributed by atoms with Gasteiger partial charge in [-0.05, 0) is 42.0 Å². The Kier molecular flexibility index (Phi) is 8.21. The van der Waals surface area contributed by atoms with E-state index in [-0.39, 0.29) is 28.3 Å². The van der Waals surface area contributed by atoms with E-state index < -0.39 is 11.6 Å². The predicted octanol–water partition coefficient (Wildman–Crippen LogP) is 6.48. The minimum absolute atomic E-state index is 0.0817. The molecule has 10 nitrogen and oxygen atoms in total. The molecular weight excluding hydrogens is 584 g/mol. The summed E-state index contributed by atoms with van der Waals surface area (Å²) in [5, 5.41) is 3.86. The van der Waals surface area contributed by atoms with E-state index >= 15 is 4.39 Å². The standard InChI is InChI=1S/C33H27F2N5O5/c1-42-13-12-40-17-23(19-4-6-20(34)7-5-19)31(41)30-26(40)10-11-36-32(30)39-21-8-9-27(24(35)14-21)45-33-22-15-28(43-2)29(44-3)16-25(22)37-18-38-33/h4-11,14-18H,12-13H2,1-3H3,(H,36,39). The third-order valence-corrected chi connectivity index (χ3v) is 7.19. The number of anilines is 2. The van der Waals surface area contributed by atoms with E-state index in [1.54, 1.807) is 55.9 Å². The minimum atomic E-state index is -0.683. The Morgan fingerprint density at radius 2 is 1.64 bits per heavy atom. The van der Waals surface area contributed by atoms with Crippen molar-refractivity contribution in [3.63, 3.8) is 0 Å². The van der Waals surface area contributed by atoms with E-state index in [1.165, 1.54) is 44.8 Å². The van der Waals surface area contributed by atoms with Gasteiger partial charge in [-0.25, -0.2) is 23.7 Å². The number of methoxy groups -OCH3 is 3. The highest BCUT2D eigenvalue weighted by Gasteiger charge is 2.18. The van der Waals surface area contributed by atoms with Crippen LogP contribution in [0.25, 0.3) is 32.9 Å². The molecule has 3 aromatic carbocycles. The number of nitrogens with one attached hydrogen (secondary N) is 1. The van der Waals surface area contributed by atoms with Crippen LogP contribution in [0.5, 0.6) is 23.1 Å². The Balaban J connectivity index is 1.36. The first kappa shape index (κ1) is 29.5. The van der Waals surface area contributed by atoms with Gasteiger partial charge in [-0.1, -0.05) is 12.1 Å². The molecule has 0 aliphatic carbocycles. The molecule has 6 aromatic rings. The minimum Gasteiger partial charge on any atom is -0.493 e. The number of nitrogens with zero attached hydrogens (tertiary/aromatic N) is 4. The highest BCUT2D eigenvalue weighted by Crippen LogP contribution is 2.37. The Bertz CT molecular complexity index is 2090. The fourth-order valence-electron chi connectivity index (χ4n) is 4.98. The zero-order chi connectivity index (χ0) is 31.5. The average Bonchev–Trinajstić information content (AvgIpc) is 3.05. The van der Waals surface area contributed by atoms with Gasteiger partial charge in [0.1, 0.15) is 18.0 Å². The van der Waals surface area contributed by atoms with E-state index in [0.29, 0.717) is 57.9 Å². The van der Waals surface area contributed by atoms with Gasteiger partial charge < -0.3 is 28.8 Å². The number of rotatable bonds is 10. The zero-order valence-corrected chi connectivity index (χ0v) is 24.5. The summed E-state index contributed by atoms with van der Waals surface area (Å²) in [6.45, 7) is 0.836. The first-order valence-electron chi connectivity index (χ1n) is 13.8. The summed E-state index contributed by atoms with van der Waals surface area (Å²) >= 11 is 0. The topological polar surface area (TPSA) is 110 Å². The van der Waals surface area contributed by atoms with Gasteiger partial charge in [0.15, 0.2) is 23.1 Å². The number of hydrogen-bond acceptors (Lipinski definition) is 9. The van der Waals surface area contributed by atoms with Crippen LogP contribution in [-0.4, -0.2) is 47.5 Å². The maximum Gasteiger partial charge on any atom is 0.230 e. The van der Waals surface area contributed by atoms with Gasteiger partial charge in [-0.15, -0.1) is 0 Å². The molecule has 3 aromatic heterocycles. The second-order valence-electron chi connectivity index (χ2n) is 9.89. The molecule has 0 aliphatic rings. The number of pyridine rings is 2. The molecule has 0 amide bonds. The van der Waals surface area contributed by atoms with Crippen molar-refractivity contribution in [3.8, 4) is 34.3 Å². The maximum absolute atomic E-state index is 15.4. The largest absolute Gasteiger partial charge is 0.493 e. The van der Waals surface area contributed by atoms with Crippen molar-refractivity contribution in [3.05, 3.63) is 101 Å². The molecule has 1 N–H and O–H groups in total. The molecule has 0 unspecified atom stereocenters. The number of ether oxygens (including phenoxy) is 4. The molecule has 228 valence electrons. The molecule has 12 heteroatoms. The summed E-state index contributed by atoms with van der Waals surface area (Å²) in [7, 11) is 4.61. The van der Waals surface area contributed by atoms with Gasteiger partial charge in [0.2, 0.25) is 11.3 Å². The van der Waals surface area contributed by atoms with E-state index in [1.807, 2.05) is 4.57 Å². The Hall–Kier alpha value is -5.62. The second-order valence-corrected chi connectivity index (χ2v) is 9.89. The molecule has 0 atom stereocenters. The number of fused-ring (bicyclic) bond motifs is 2. The summed E-state index contributed by atoms with van der Waals surface area (Å²) < 4.78 is 52.8. The first-order valence-corrected chi connectivity index (χ1v) is 13.8. The van der Waals surface area contributed by atoms with Gasteiger partial charge in [-0.3, -0.25) is 4.79 Å². The Morgan fingerprint density at radius 1 is 0.867 bits per heavy atom. The molecule has 0 saturated heterocycles. The number of halogens is 2. The van der Waals surface area contributed by atoms with Crippen molar-refractivity contribution in [2.24, 2.45) is 0 Å². The predicted molar refractivity (Wildman–Crippen MR) is 166 cm³/mol. The van der Waals surface area contributed by atoms with Gasteiger partial charge in [0, 0.05) is 49.4 Å². The maximum atomic E-state index is 15.4. The molecule has 3 heterocycles. The summed E-state index contributed by atoms with van der Waals surface area (Å²) in [6.07, 6.45) is 4.58. The van der Waals surface area contributed by atoms with Crippen LogP contribution in [0.15, 0.2) is 84.2 Å². The molecule has 6 rings (SSSR count). The van der Waals surface area contributed by atoms with Crippen LogP contribution >= 0.6 is 0 Å². The van der Waals surface area contributed by atoms with Crippen molar-refractivity contribution < 1.29 is 27.7 Å². The van der Waals surface area contributed by atoms with Gasteiger partial charge in [0.05, 0.1) is 42.6 Å². The van der Waals surface area contributed by atoms with Crippen LogP contribution in [0.4, 0.5) is 20.3 Å². The quantitative estimate of drug-likeness (QED) is 0.186. The molecule has 45 heavy (non-hydrogen) atoms. The van der Waals surface area contributed by atoms with Crippen molar-refractivity contribution in [1.29, 1.82) is 0 Å². The number of hydrogen-bond donors (Lipinski definition) is 1. The third-order valence-electron chi connectivity index (χ3n) is 7.19. The van der Waals surface area contributed by atoms with Crippen molar-refractivity contribution in [1.82, 2.24) is 19.5 Å². The lowest BCUT2D eigenvalue weighted by molar-refractivity contribution is 0.188. The normalized spacial score (nSPS) is 11.1. The molecule has 0 radical (unpaired) electrons. The highest BCUT2D eigenvalue weighted by atomic mass is 19.1. The summed E-state index contributed by atoms with van der Waals surface area (Å²) in [5.41, 5.74) is 2.04. The summed E-state index contributed by atoms with van der Waals surface area (Å²) in [5.74, 6) is 0.0960. The SMILES string of the molecule is COCCn1cc(-c2ccc(F)cc2)c(=O)c2c(Nc3ccc(Oc4ncnc5cc(OC)c(OC)cc45)c(F)c3)nccc21. The summed E-state index contributed by atoms with van der Waals surface area (Å²) in [6, 6.07) is 15.0. The fraction of sp³-hybridized carbons (Fsp3) is 0.152. The lowest BCUT2D eigenvalue weighted by Gasteiger charge is -2.16. The van der Waals surface area contributed by atoms with Gasteiger partial charge in [-0.2, -0.15) is 0 Å². The van der Waals surface area contributed by atoms with Crippen molar-refractivity contribution in [2.75, 3.05) is 33.3 Å². The molecule has 0 saturated carbocycles. The smallest absolute Gasteiger partial charge is 0.230 e. The molecule has 0 aliphatic heterocycles. The van der Waals surface area contributed by atoms with Crippen LogP contribution in [0.2, 0.25) is 0 Å². The van der Waals surface area contributed by atoms with Crippen LogP contribution in [0, 0.1) is 11.6 Å². The van der Waals surface area contributed by atoms with E-state index in [9.17, 15) is 9.18 Å². The van der Waals surface area contributed by atoms with Crippen molar-refractivity contribution in [2.45, 2.75) is 6.54 Å². The van der Waals surface area contributed by atoms with E-state index in [2.05, 4.69) is 20.3 Å². The fourth-order valence-corrected chi connectivity index (χ4v) is 4.98. The first-order chi connectivity index (χ1) is 21.9. The van der Waals surface area contributed by atoms with E-state index in [4.69, 9.17) is 18.9 Å². The molecule has 0 spiro atoms. The van der Waals surface area contributed by atoms with Gasteiger partial charge >= 0.3 is 0 Å². The molecule has 0 bridgehead atoms. The Labute approximate surface area is 255 Å². The molecule has 0 fully saturated rings. The number of aromatic nitrogens is 4. The number of benzene rings is 3. The van der Waals surface area contributed by atoms with Gasteiger partial charge in [0.25, 0.3) is 0 Å². The third kappa shape index (κ3) is 5.83. The lowest BCUT2D eigenvalue weighted by atomic mass is 10.0. The van der Waals surface area contributed by atoms with Crippen LogP contribution in [0.3, 0.4) is 0 Å².